The van der Waals surface area contributed by atoms with Crippen LogP contribution in [-0.4, -0.2) is 15.2 Å². The van der Waals surface area contributed by atoms with Crippen molar-refractivity contribution in [3.05, 3.63) is 28.3 Å². The molecule has 0 aromatic carbocycles. The molecule has 0 fully saturated rings. The van der Waals surface area contributed by atoms with Crippen molar-refractivity contribution < 1.29 is 4.42 Å². The highest BCUT2D eigenvalue weighted by Crippen LogP contribution is 2.30. The summed E-state index contributed by atoms with van der Waals surface area (Å²) in [7, 11) is 0. The van der Waals surface area contributed by atoms with Crippen molar-refractivity contribution in [2.75, 3.05) is 0 Å². The molecule has 0 aliphatic rings. The first-order valence-electron chi connectivity index (χ1n) is 5.38. The summed E-state index contributed by atoms with van der Waals surface area (Å²) in [6.45, 7) is 7.42. The Labute approximate surface area is 109 Å². The summed E-state index contributed by atoms with van der Waals surface area (Å²) in [6, 6.07) is 2.15. The molecule has 0 spiro atoms. The molecule has 0 saturated heterocycles. The molecule has 18 heavy (non-hydrogen) atoms. The summed E-state index contributed by atoms with van der Waals surface area (Å²) >= 11 is 1.22. The SMILES string of the molecule is Cc1nc(Sc2nnc(C)c(C)c2C#N)oc1C. The van der Waals surface area contributed by atoms with Crippen LogP contribution >= 0.6 is 11.8 Å². The molecule has 2 aromatic heterocycles. The normalized spacial score (nSPS) is 10.4. The zero-order valence-electron chi connectivity index (χ0n) is 10.6. The minimum atomic E-state index is 0.485. The summed E-state index contributed by atoms with van der Waals surface area (Å²) < 4.78 is 5.46. The van der Waals surface area contributed by atoms with E-state index in [1.54, 1.807) is 0 Å². The van der Waals surface area contributed by atoms with E-state index in [-0.39, 0.29) is 0 Å². The van der Waals surface area contributed by atoms with E-state index in [0.717, 1.165) is 22.7 Å². The van der Waals surface area contributed by atoms with Crippen molar-refractivity contribution in [3.8, 4) is 6.07 Å². The number of oxazole rings is 1. The van der Waals surface area contributed by atoms with Crippen LogP contribution in [0.3, 0.4) is 0 Å². The topological polar surface area (TPSA) is 75.6 Å². The van der Waals surface area contributed by atoms with Crippen LogP contribution in [0.25, 0.3) is 0 Å². The zero-order chi connectivity index (χ0) is 13.3. The fourth-order valence-electron chi connectivity index (χ4n) is 1.36. The first-order chi connectivity index (χ1) is 8.52. The second kappa shape index (κ2) is 4.78. The fraction of sp³-hybridized carbons (Fsp3) is 0.333. The van der Waals surface area contributed by atoms with Crippen LogP contribution in [0.1, 0.15) is 28.3 Å². The number of hydrogen-bond acceptors (Lipinski definition) is 6. The highest BCUT2D eigenvalue weighted by molar-refractivity contribution is 7.99. The van der Waals surface area contributed by atoms with Crippen LogP contribution in [0.15, 0.2) is 14.7 Å². The Kier molecular flexibility index (Phi) is 3.34. The van der Waals surface area contributed by atoms with Crippen LogP contribution < -0.4 is 0 Å². The Balaban J connectivity index is 2.41. The van der Waals surface area contributed by atoms with E-state index in [2.05, 4.69) is 21.3 Å². The molecule has 2 heterocycles. The summed E-state index contributed by atoms with van der Waals surface area (Å²) in [5.41, 5.74) is 2.97. The lowest BCUT2D eigenvalue weighted by atomic mass is 10.1. The van der Waals surface area contributed by atoms with Gasteiger partial charge in [-0.1, -0.05) is 0 Å². The van der Waals surface area contributed by atoms with Crippen LogP contribution in [0.2, 0.25) is 0 Å². The molecule has 2 aromatic rings. The number of aryl methyl sites for hydroxylation is 3. The molecular formula is C12H12N4OS. The highest BCUT2D eigenvalue weighted by atomic mass is 32.2. The Morgan fingerprint density at radius 2 is 1.83 bits per heavy atom. The van der Waals surface area contributed by atoms with Gasteiger partial charge in [-0.15, -0.1) is 5.10 Å². The summed E-state index contributed by atoms with van der Waals surface area (Å²) in [4.78, 5) is 4.25. The third-order valence-corrected chi connectivity index (χ3v) is 3.56. The molecule has 0 saturated carbocycles. The first-order valence-corrected chi connectivity index (χ1v) is 6.20. The maximum absolute atomic E-state index is 9.18. The lowest BCUT2D eigenvalue weighted by molar-refractivity contribution is 0.430. The average Bonchev–Trinajstić information content (AvgIpc) is 2.64. The van der Waals surface area contributed by atoms with E-state index in [9.17, 15) is 5.26 Å². The molecule has 0 radical (unpaired) electrons. The Morgan fingerprint density at radius 1 is 1.11 bits per heavy atom. The minimum Gasteiger partial charge on any atom is -0.436 e. The summed E-state index contributed by atoms with van der Waals surface area (Å²) in [5, 5.41) is 18.2. The van der Waals surface area contributed by atoms with Crippen molar-refractivity contribution in [3.63, 3.8) is 0 Å². The predicted molar refractivity (Wildman–Crippen MR) is 66.3 cm³/mol. The smallest absolute Gasteiger partial charge is 0.262 e. The maximum Gasteiger partial charge on any atom is 0.262 e. The summed E-state index contributed by atoms with van der Waals surface area (Å²) in [5.74, 6) is 0.771. The quantitative estimate of drug-likeness (QED) is 0.826. The molecule has 0 unspecified atom stereocenters. The van der Waals surface area contributed by atoms with Crippen molar-refractivity contribution >= 4 is 11.8 Å². The Bertz CT molecular complexity index is 623. The van der Waals surface area contributed by atoms with E-state index in [0.29, 0.717) is 15.8 Å². The van der Waals surface area contributed by atoms with Gasteiger partial charge in [-0.3, -0.25) is 0 Å². The van der Waals surface area contributed by atoms with Gasteiger partial charge in [-0.05, 0) is 45.0 Å². The first kappa shape index (κ1) is 12.6. The van der Waals surface area contributed by atoms with Crippen LogP contribution in [-0.2, 0) is 0 Å². The second-order valence-corrected chi connectivity index (χ2v) is 4.87. The van der Waals surface area contributed by atoms with Gasteiger partial charge in [0.15, 0.2) is 0 Å². The van der Waals surface area contributed by atoms with E-state index in [1.165, 1.54) is 11.8 Å². The lowest BCUT2D eigenvalue weighted by Gasteiger charge is -2.04. The Morgan fingerprint density at radius 3 is 2.39 bits per heavy atom. The molecule has 0 N–H and O–H groups in total. The monoisotopic (exact) mass is 260 g/mol. The average molecular weight is 260 g/mol. The van der Waals surface area contributed by atoms with Crippen LogP contribution in [0.4, 0.5) is 0 Å². The van der Waals surface area contributed by atoms with Gasteiger partial charge in [0.2, 0.25) is 0 Å². The fourth-order valence-corrected chi connectivity index (χ4v) is 2.26. The zero-order valence-corrected chi connectivity index (χ0v) is 11.4. The van der Waals surface area contributed by atoms with Gasteiger partial charge in [0, 0.05) is 0 Å². The van der Waals surface area contributed by atoms with Gasteiger partial charge in [0.25, 0.3) is 5.22 Å². The summed E-state index contributed by atoms with van der Waals surface area (Å²) in [6.07, 6.45) is 0. The molecule has 5 nitrogen and oxygen atoms in total. The predicted octanol–water partition coefficient (Wildman–Crippen LogP) is 2.72. The number of aromatic nitrogens is 3. The van der Waals surface area contributed by atoms with E-state index in [1.807, 2.05) is 27.7 Å². The van der Waals surface area contributed by atoms with Crippen LogP contribution in [0, 0.1) is 39.0 Å². The van der Waals surface area contributed by atoms with Gasteiger partial charge in [0.05, 0.1) is 17.0 Å². The van der Waals surface area contributed by atoms with Crippen molar-refractivity contribution in [2.24, 2.45) is 0 Å². The number of nitrogens with zero attached hydrogens (tertiary/aromatic N) is 4. The van der Waals surface area contributed by atoms with Crippen LogP contribution in [0.5, 0.6) is 0 Å². The minimum absolute atomic E-state index is 0.485. The Hall–Kier alpha value is -1.87. The van der Waals surface area contributed by atoms with E-state index in [4.69, 9.17) is 4.42 Å². The van der Waals surface area contributed by atoms with Gasteiger partial charge < -0.3 is 4.42 Å². The largest absolute Gasteiger partial charge is 0.436 e. The molecule has 0 bridgehead atoms. The standard InChI is InChI=1S/C12H12N4OS/c1-6-7(2)15-16-11(10(6)5-13)18-12-14-8(3)9(4)17-12/h1-4H3. The van der Waals surface area contributed by atoms with Crippen molar-refractivity contribution in [2.45, 2.75) is 37.9 Å². The molecule has 0 atom stereocenters. The third kappa shape index (κ3) is 2.22. The van der Waals surface area contributed by atoms with Gasteiger partial charge in [-0.25, -0.2) is 4.98 Å². The van der Waals surface area contributed by atoms with Crippen molar-refractivity contribution in [1.29, 1.82) is 5.26 Å². The molecule has 0 amide bonds. The lowest BCUT2D eigenvalue weighted by Crippen LogP contribution is -1.98. The molecule has 92 valence electrons. The molecule has 0 aliphatic carbocycles. The molecule has 6 heteroatoms. The molecule has 0 aliphatic heterocycles. The van der Waals surface area contributed by atoms with Gasteiger partial charge in [0.1, 0.15) is 16.9 Å². The highest BCUT2D eigenvalue weighted by Gasteiger charge is 2.15. The number of nitriles is 1. The molecule has 2 rings (SSSR count). The third-order valence-electron chi connectivity index (χ3n) is 2.73. The second-order valence-electron chi connectivity index (χ2n) is 3.93. The maximum atomic E-state index is 9.18. The molecular weight excluding hydrogens is 248 g/mol. The van der Waals surface area contributed by atoms with E-state index >= 15 is 0 Å². The number of rotatable bonds is 2. The van der Waals surface area contributed by atoms with Crippen molar-refractivity contribution in [1.82, 2.24) is 15.2 Å². The van der Waals surface area contributed by atoms with Gasteiger partial charge >= 0.3 is 0 Å². The van der Waals surface area contributed by atoms with E-state index < -0.39 is 0 Å². The number of hydrogen-bond donors (Lipinski definition) is 0. The van der Waals surface area contributed by atoms with Gasteiger partial charge in [-0.2, -0.15) is 10.4 Å².